The number of nitrogens with one attached hydrogen (secondary N) is 1. The lowest BCUT2D eigenvalue weighted by atomic mass is 10.2. The molecular weight excluding hydrogens is 378 g/mol. The minimum Gasteiger partial charge on any atom is -0.489 e. The molecule has 1 heterocycles. The lowest BCUT2D eigenvalue weighted by molar-refractivity contribution is -0.112. The van der Waals surface area contributed by atoms with Crippen LogP contribution in [0.5, 0.6) is 5.75 Å². The van der Waals surface area contributed by atoms with Gasteiger partial charge in [-0.05, 0) is 53.6 Å². The van der Waals surface area contributed by atoms with Crippen LogP contribution in [0.2, 0.25) is 5.02 Å². The molecule has 134 valence electrons. The molecule has 0 saturated heterocycles. The van der Waals surface area contributed by atoms with E-state index in [4.69, 9.17) is 16.3 Å². The van der Waals surface area contributed by atoms with Gasteiger partial charge < -0.3 is 10.1 Å². The molecule has 1 aliphatic heterocycles. The maximum atomic E-state index is 12.3. The van der Waals surface area contributed by atoms with E-state index < -0.39 is 0 Å². The zero-order valence-corrected chi connectivity index (χ0v) is 15.9. The van der Waals surface area contributed by atoms with E-state index in [1.165, 1.54) is 11.8 Å². The van der Waals surface area contributed by atoms with Crippen molar-refractivity contribution in [2.24, 2.45) is 0 Å². The molecule has 0 saturated carbocycles. The molecule has 1 amide bonds. The topological polar surface area (TPSA) is 38.3 Å². The molecule has 0 aromatic heterocycles. The zero-order valence-electron chi connectivity index (χ0n) is 14.3. The average Bonchev–Trinajstić information content (AvgIpc) is 2.68. The molecule has 4 rings (SSSR count). The van der Waals surface area contributed by atoms with Gasteiger partial charge in [-0.15, -0.1) is 0 Å². The van der Waals surface area contributed by atoms with Crippen molar-refractivity contribution in [1.29, 1.82) is 0 Å². The first-order valence-corrected chi connectivity index (χ1v) is 9.64. The van der Waals surface area contributed by atoms with Crippen molar-refractivity contribution in [3.8, 4) is 5.75 Å². The summed E-state index contributed by atoms with van der Waals surface area (Å²) in [6.07, 6.45) is 1.89. The van der Waals surface area contributed by atoms with Gasteiger partial charge in [-0.2, -0.15) is 0 Å². The molecule has 3 aromatic rings. The van der Waals surface area contributed by atoms with E-state index in [2.05, 4.69) is 5.32 Å². The Morgan fingerprint density at radius 3 is 2.63 bits per heavy atom. The molecular formula is C22H16ClNO2S. The van der Waals surface area contributed by atoms with Crippen LogP contribution < -0.4 is 10.1 Å². The number of carbonyl (C=O) groups is 1. The molecule has 0 aliphatic carbocycles. The quantitative estimate of drug-likeness (QED) is 0.552. The highest BCUT2D eigenvalue weighted by molar-refractivity contribution is 8.04. The number of benzene rings is 3. The van der Waals surface area contributed by atoms with Crippen molar-refractivity contribution in [1.82, 2.24) is 0 Å². The van der Waals surface area contributed by atoms with Gasteiger partial charge in [0.05, 0.1) is 10.6 Å². The largest absolute Gasteiger partial charge is 0.489 e. The minimum atomic E-state index is -0.0833. The number of carbonyl (C=O) groups excluding carboxylic acids is 1. The predicted molar refractivity (Wildman–Crippen MR) is 111 cm³/mol. The number of fused-ring (bicyclic) bond motifs is 1. The number of amides is 1. The lowest BCUT2D eigenvalue weighted by Crippen LogP contribution is -2.17. The molecule has 0 bridgehead atoms. The first kappa shape index (κ1) is 17.7. The molecule has 1 N–H and O–H groups in total. The van der Waals surface area contributed by atoms with Gasteiger partial charge in [-0.1, -0.05) is 59.8 Å². The second kappa shape index (κ2) is 7.91. The minimum absolute atomic E-state index is 0.0833. The van der Waals surface area contributed by atoms with Crippen LogP contribution in [0.15, 0.2) is 82.6 Å². The van der Waals surface area contributed by atoms with Crippen LogP contribution in [0.25, 0.3) is 6.08 Å². The number of para-hydroxylation sites is 1. The summed E-state index contributed by atoms with van der Waals surface area (Å²) in [5.41, 5.74) is 2.82. The SMILES string of the molecule is O=C1Nc2ccccc2S/C1=C\c1ccc(OCc2cccc(Cl)c2)cc1. The van der Waals surface area contributed by atoms with Crippen LogP contribution in [0.4, 0.5) is 5.69 Å². The van der Waals surface area contributed by atoms with E-state index in [9.17, 15) is 4.79 Å². The summed E-state index contributed by atoms with van der Waals surface area (Å²) in [7, 11) is 0. The lowest BCUT2D eigenvalue weighted by Gasteiger charge is -2.18. The number of halogens is 1. The van der Waals surface area contributed by atoms with Gasteiger partial charge in [0.2, 0.25) is 0 Å². The number of thioether (sulfide) groups is 1. The molecule has 27 heavy (non-hydrogen) atoms. The Bertz CT molecular complexity index is 1010. The van der Waals surface area contributed by atoms with Gasteiger partial charge in [0.25, 0.3) is 5.91 Å². The van der Waals surface area contributed by atoms with Crippen molar-refractivity contribution in [3.63, 3.8) is 0 Å². The molecule has 5 heteroatoms. The molecule has 0 radical (unpaired) electrons. The predicted octanol–water partition coefficient (Wildman–Crippen LogP) is 6.00. The van der Waals surface area contributed by atoms with Crippen molar-refractivity contribution in [2.45, 2.75) is 11.5 Å². The van der Waals surface area contributed by atoms with Gasteiger partial charge in [-0.3, -0.25) is 4.79 Å². The Hall–Kier alpha value is -2.69. The third-order valence-corrected chi connectivity index (χ3v) is 5.39. The summed E-state index contributed by atoms with van der Waals surface area (Å²) in [6, 6.07) is 23.1. The zero-order chi connectivity index (χ0) is 18.6. The fourth-order valence-electron chi connectivity index (χ4n) is 2.71. The van der Waals surface area contributed by atoms with Crippen LogP contribution >= 0.6 is 23.4 Å². The molecule has 3 aromatic carbocycles. The van der Waals surface area contributed by atoms with E-state index in [1.54, 1.807) is 0 Å². The smallest absolute Gasteiger partial charge is 0.262 e. The van der Waals surface area contributed by atoms with Crippen LogP contribution in [0, 0.1) is 0 Å². The van der Waals surface area contributed by atoms with Crippen molar-refractivity contribution >= 4 is 41.0 Å². The monoisotopic (exact) mass is 393 g/mol. The summed E-state index contributed by atoms with van der Waals surface area (Å²) in [6.45, 7) is 0.454. The van der Waals surface area contributed by atoms with E-state index >= 15 is 0 Å². The summed E-state index contributed by atoms with van der Waals surface area (Å²) in [5, 5.41) is 3.62. The van der Waals surface area contributed by atoms with E-state index in [1.807, 2.05) is 78.9 Å². The maximum absolute atomic E-state index is 12.3. The maximum Gasteiger partial charge on any atom is 0.262 e. The Labute approximate surface area is 167 Å². The van der Waals surface area contributed by atoms with Gasteiger partial charge in [-0.25, -0.2) is 0 Å². The Balaban J connectivity index is 1.45. The fourth-order valence-corrected chi connectivity index (χ4v) is 3.87. The number of anilines is 1. The van der Waals surface area contributed by atoms with Crippen LogP contribution in [0.3, 0.4) is 0 Å². The van der Waals surface area contributed by atoms with Gasteiger partial charge in [0.1, 0.15) is 12.4 Å². The van der Waals surface area contributed by atoms with Gasteiger partial charge in [0, 0.05) is 9.92 Å². The summed E-state index contributed by atoms with van der Waals surface area (Å²) < 4.78 is 5.80. The molecule has 0 unspecified atom stereocenters. The summed E-state index contributed by atoms with van der Waals surface area (Å²) in [5.74, 6) is 0.684. The van der Waals surface area contributed by atoms with E-state index in [-0.39, 0.29) is 5.91 Å². The average molecular weight is 394 g/mol. The Kier molecular flexibility index (Phi) is 5.19. The third-order valence-electron chi connectivity index (χ3n) is 4.05. The van der Waals surface area contributed by atoms with Crippen LogP contribution in [0.1, 0.15) is 11.1 Å². The number of hydrogen-bond acceptors (Lipinski definition) is 3. The fraction of sp³-hybridized carbons (Fsp3) is 0.0455. The van der Waals surface area contributed by atoms with Crippen molar-refractivity contribution in [2.75, 3.05) is 5.32 Å². The third kappa shape index (κ3) is 4.35. The second-order valence-corrected chi connectivity index (χ2v) is 7.57. The number of hydrogen-bond donors (Lipinski definition) is 1. The molecule has 0 spiro atoms. The standard InChI is InChI=1S/C22H16ClNO2S/c23-17-5-3-4-16(12-17)14-26-18-10-8-15(9-11-18)13-21-22(25)24-19-6-1-2-7-20(19)27-21/h1-13H,14H2,(H,24,25)/b21-13-. The van der Waals surface area contributed by atoms with E-state index in [0.717, 1.165) is 27.5 Å². The summed E-state index contributed by atoms with van der Waals surface area (Å²) >= 11 is 7.47. The first-order valence-electron chi connectivity index (χ1n) is 8.45. The normalized spacial score (nSPS) is 14.6. The van der Waals surface area contributed by atoms with Crippen molar-refractivity contribution < 1.29 is 9.53 Å². The number of ether oxygens (including phenoxy) is 1. The molecule has 3 nitrogen and oxygen atoms in total. The number of rotatable bonds is 4. The molecule has 0 atom stereocenters. The van der Waals surface area contributed by atoms with Gasteiger partial charge in [0.15, 0.2) is 0 Å². The molecule has 0 fully saturated rings. The highest BCUT2D eigenvalue weighted by Crippen LogP contribution is 2.38. The first-order chi connectivity index (χ1) is 13.2. The Morgan fingerprint density at radius 1 is 1.00 bits per heavy atom. The molecule has 1 aliphatic rings. The van der Waals surface area contributed by atoms with Crippen molar-refractivity contribution in [3.05, 3.63) is 93.9 Å². The van der Waals surface area contributed by atoms with Crippen LogP contribution in [-0.4, -0.2) is 5.91 Å². The van der Waals surface area contributed by atoms with Crippen LogP contribution in [-0.2, 0) is 11.4 Å². The Morgan fingerprint density at radius 2 is 1.81 bits per heavy atom. The second-order valence-electron chi connectivity index (χ2n) is 6.05. The van der Waals surface area contributed by atoms with Gasteiger partial charge >= 0.3 is 0 Å². The summed E-state index contributed by atoms with van der Waals surface area (Å²) in [4.78, 5) is 14.0. The van der Waals surface area contributed by atoms with E-state index in [0.29, 0.717) is 16.5 Å². The highest BCUT2D eigenvalue weighted by Gasteiger charge is 2.20. The highest BCUT2D eigenvalue weighted by atomic mass is 35.5.